The fourth-order valence-electron chi connectivity index (χ4n) is 5.50. The first-order valence-electron chi connectivity index (χ1n) is 7.52. The molecule has 1 aromatic carbocycles. The molecule has 1 aromatic rings. The van der Waals surface area contributed by atoms with Crippen LogP contribution in [0, 0.1) is 36.3 Å². The quantitative estimate of drug-likeness (QED) is 0.685. The largest absolute Gasteiger partial charge is 0.203 e. The van der Waals surface area contributed by atoms with Gasteiger partial charge in [-0.1, -0.05) is 12.1 Å². The monoisotopic (exact) mass is 262 g/mol. The van der Waals surface area contributed by atoms with E-state index in [0.29, 0.717) is 11.1 Å². The molecule has 19 heavy (non-hydrogen) atoms. The smallest absolute Gasteiger partial charge is 0.162 e. The highest BCUT2D eigenvalue weighted by Crippen LogP contribution is 2.61. The molecule has 0 spiro atoms. The Kier molecular flexibility index (Phi) is 2.38. The van der Waals surface area contributed by atoms with Crippen molar-refractivity contribution in [1.82, 2.24) is 0 Å². The first-order chi connectivity index (χ1) is 9.07. The topological polar surface area (TPSA) is 0 Å². The Hall–Kier alpha value is -0.920. The summed E-state index contributed by atoms with van der Waals surface area (Å²) in [6.07, 6.45) is 7.23. The van der Waals surface area contributed by atoms with Crippen LogP contribution in [0.4, 0.5) is 8.78 Å². The summed E-state index contributed by atoms with van der Waals surface area (Å²) < 4.78 is 28.3. The Morgan fingerprint density at radius 1 is 0.895 bits per heavy atom. The van der Waals surface area contributed by atoms with E-state index in [0.717, 1.165) is 37.0 Å². The molecule has 0 N–H and O–H groups in total. The lowest BCUT2D eigenvalue weighted by Gasteiger charge is -2.57. The van der Waals surface area contributed by atoms with Crippen molar-refractivity contribution in [2.45, 2.75) is 50.9 Å². The zero-order chi connectivity index (χ0) is 13.2. The molecule has 4 saturated carbocycles. The molecule has 0 nitrogen and oxygen atoms in total. The first kappa shape index (κ1) is 11.9. The maximum atomic E-state index is 14.4. The van der Waals surface area contributed by atoms with E-state index < -0.39 is 11.6 Å². The molecular weight excluding hydrogens is 242 g/mol. The normalized spacial score (nSPS) is 39.8. The molecule has 0 aromatic heterocycles. The Morgan fingerprint density at radius 2 is 1.42 bits per heavy atom. The summed E-state index contributed by atoms with van der Waals surface area (Å²) in [6, 6.07) is 3.62. The summed E-state index contributed by atoms with van der Waals surface area (Å²) in [5.74, 6) is 1.08. The minimum atomic E-state index is -0.631. The minimum absolute atomic E-state index is 0.0482. The molecule has 0 aliphatic heterocycles. The van der Waals surface area contributed by atoms with Gasteiger partial charge < -0.3 is 0 Å². The van der Waals surface area contributed by atoms with E-state index in [1.165, 1.54) is 19.3 Å². The highest BCUT2D eigenvalue weighted by atomic mass is 19.2. The van der Waals surface area contributed by atoms with Crippen LogP contribution in [0.3, 0.4) is 0 Å². The summed E-state index contributed by atoms with van der Waals surface area (Å²) in [4.78, 5) is 0. The van der Waals surface area contributed by atoms with Crippen molar-refractivity contribution in [3.05, 3.63) is 34.9 Å². The van der Waals surface area contributed by atoms with Gasteiger partial charge in [0, 0.05) is 0 Å². The molecule has 4 bridgehead atoms. The van der Waals surface area contributed by atoms with Crippen molar-refractivity contribution in [1.29, 1.82) is 0 Å². The van der Waals surface area contributed by atoms with Crippen LogP contribution in [0.25, 0.3) is 0 Å². The lowest BCUT2D eigenvalue weighted by atomic mass is 9.48. The third-order valence-corrected chi connectivity index (χ3v) is 5.88. The Bertz CT molecular complexity index is 497. The van der Waals surface area contributed by atoms with Crippen LogP contribution in [-0.2, 0) is 5.41 Å². The standard InChI is InChI=1S/C17H20F2/c1-10-2-3-14(16(19)15(10)18)17-7-11-4-12(8-17)6-13(5-11)9-17/h2-3,11-13H,4-9H2,1H3. The van der Waals surface area contributed by atoms with Crippen LogP contribution in [0.1, 0.15) is 49.7 Å². The van der Waals surface area contributed by atoms with E-state index in [1.807, 2.05) is 6.07 Å². The molecule has 2 heteroatoms. The van der Waals surface area contributed by atoms with Crippen molar-refractivity contribution in [2.75, 3.05) is 0 Å². The summed E-state index contributed by atoms with van der Waals surface area (Å²) in [5, 5.41) is 0. The second kappa shape index (κ2) is 3.80. The molecule has 4 aliphatic carbocycles. The van der Waals surface area contributed by atoms with Crippen molar-refractivity contribution in [3.8, 4) is 0 Å². The van der Waals surface area contributed by atoms with E-state index in [1.54, 1.807) is 13.0 Å². The predicted octanol–water partition coefficient (Wildman–Crippen LogP) is 4.74. The molecule has 0 unspecified atom stereocenters. The van der Waals surface area contributed by atoms with Gasteiger partial charge in [0.15, 0.2) is 11.6 Å². The van der Waals surface area contributed by atoms with Crippen LogP contribution >= 0.6 is 0 Å². The molecular formula is C17H20F2. The lowest BCUT2D eigenvalue weighted by Crippen LogP contribution is -2.49. The first-order valence-corrected chi connectivity index (χ1v) is 7.52. The van der Waals surface area contributed by atoms with Gasteiger partial charge in [-0.05, 0) is 79.7 Å². The number of benzene rings is 1. The van der Waals surface area contributed by atoms with E-state index in [4.69, 9.17) is 0 Å². The number of rotatable bonds is 1. The van der Waals surface area contributed by atoms with Crippen molar-refractivity contribution >= 4 is 0 Å². The van der Waals surface area contributed by atoms with Crippen LogP contribution in [0.2, 0.25) is 0 Å². The Balaban J connectivity index is 1.82. The zero-order valence-corrected chi connectivity index (χ0v) is 11.4. The molecule has 0 atom stereocenters. The molecule has 4 fully saturated rings. The number of halogens is 2. The highest BCUT2D eigenvalue weighted by Gasteiger charge is 2.52. The summed E-state index contributed by atoms with van der Waals surface area (Å²) in [7, 11) is 0. The SMILES string of the molecule is Cc1ccc(C23CC4CC(CC(C4)C2)C3)c(F)c1F. The van der Waals surface area contributed by atoms with Crippen LogP contribution < -0.4 is 0 Å². The average Bonchev–Trinajstić information content (AvgIpc) is 2.34. The van der Waals surface area contributed by atoms with Gasteiger partial charge in [0.1, 0.15) is 0 Å². The number of hydrogen-bond acceptors (Lipinski definition) is 0. The number of aryl methyl sites for hydroxylation is 1. The van der Waals surface area contributed by atoms with Crippen molar-refractivity contribution in [2.24, 2.45) is 17.8 Å². The van der Waals surface area contributed by atoms with Crippen LogP contribution in [-0.4, -0.2) is 0 Å². The molecule has 0 heterocycles. The van der Waals surface area contributed by atoms with Crippen molar-refractivity contribution < 1.29 is 8.78 Å². The molecule has 5 rings (SSSR count). The second-order valence-electron chi connectivity index (χ2n) is 7.26. The van der Waals surface area contributed by atoms with Gasteiger partial charge in [0.05, 0.1) is 0 Å². The van der Waals surface area contributed by atoms with Gasteiger partial charge in [-0.2, -0.15) is 0 Å². The Morgan fingerprint density at radius 3 is 1.95 bits per heavy atom. The highest BCUT2D eigenvalue weighted by molar-refractivity contribution is 5.34. The molecule has 0 saturated heterocycles. The third kappa shape index (κ3) is 1.61. The second-order valence-corrected chi connectivity index (χ2v) is 7.26. The fraction of sp³-hybridized carbons (Fsp3) is 0.647. The molecule has 0 radical (unpaired) electrons. The molecule has 4 aliphatic rings. The minimum Gasteiger partial charge on any atom is -0.203 e. The third-order valence-electron chi connectivity index (χ3n) is 5.88. The van der Waals surface area contributed by atoms with Crippen molar-refractivity contribution in [3.63, 3.8) is 0 Å². The van der Waals surface area contributed by atoms with E-state index in [2.05, 4.69) is 0 Å². The maximum absolute atomic E-state index is 14.4. The van der Waals surface area contributed by atoms with E-state index in [-0.39, 0.29) is 5.41 Å². The summed E-state index contributed by atoms with van der Waals surface area (Å²) in [6.45, 7) is 1.64. The lowest BCUT2D eigenvalue weighted by molar-refractivity contribution is -0.00703. The summed E-state index contributed by atoms with van der Waals surface area (Å²) in [5.41, 5.74) is 1.05. The van der Waals surface area contributed by atoms with E-state index in [9.17, 15) is 8.78 Å². The maximum Gasteiger partial charge on any atom is 0.162 e. The van der Waals surface area contributed by atoms with Gasteiger partial charge in [0.2, 0.25) is 0 Å². The van der Waals surface area contributed by atoms with Gasteiger partial charge >= 0.3 is 0 Å². The average molecular weight is 262 g/mol. The molecule has 0 amide bonds. The fourth-order valence-corrected chi connectivity index (χ4v) is 5.50. The zero-order valence-electron chi connectivity index (χ0n) is 11.4. The van der Waals surface area contributed by atoms with Gasteiger partial charge in [-0.3, -0.25) is 0 Å². The van der Waals surface area contributed by atoms with Crippen LogP contribution in [0.15, 0.2) is 12.1 Å². The molecule has 102 valence electrons. The number of hydrogen-bond donors (Lipinski definition) is 0. The van der Waals surface area contributed by atoms with Gasteiger partial charge in [-0.25, -0.2) is 8.78 Å². The predicted molar refractivity (Wildman–Crippen MR) is 70.9 cm³/mol. The van der Waals surface area contributed by atoms with Gasteiger partial charge in [0.25, 0.3) is 0 Å². The van der Waals surface area contributed by atoms with Crippen LogP contribution in [0.5, 0.6) is 0 Å². The Labute approximate surface area is 113 Å². The van der Waals surface area contributed by atoms with Gasteiger partial charge in [-0.15, -0.1) is 0 Å². The van der Waals surface area contributed by atoms with E-state index >= 15 is 0 Å². The summed E-state index contributed by atoms with van der Waals surface area (Å²) >= 11 is 0.